The van der Waals surface area contributed by atoms with Gasteiger partial charge in [0.05, 0.1) is 6.21 Å². The molecule has 4 rings (SSSR count). The van der Waals surface area contributed by atoms with E-state index < -0.39 is 0 Å². The first-order valence-electron chi connectivity index (χ1n) is 9.16. The summed E-state index contributed by atoms with van der Waals surface area (Å²) in [5.41, 5.74) is 5.61. The quantitative estimate of drug-likeness (QED) is 0.315. The number of halogens is 1. The summed E-state index contributed by atoms with van der Waals surface area (Å²) >= 11 is 1.26. The molecule has 0 radical (unpaired) electrons. The number of thiazole rings is 1. The highest BCUT2D eigenvalue weighted by molar-refractivity contribution is 7.20. The Morgan fingerprint density at radius 2 is 1.60 bits per heavy atom. The molecule has 3 aromatic carbocycles. The largest absolute Gasteiger partial charge is 0.312 e. The molecule has 0 saturated heterocycles. The molecule has 0 spiro atoms. The van der Waals surface area contributed by atoms with E-state index in [1.54, 1.807) is 42.6 Å². The van der Waals surface area contributed by atoms with Gasteiger partial charge in [0.25, 0.3) is 5.91 Å². The Balaban J connectivity index is 1.60. The summed E-state index contributed by atoms with van der Waals surface area (Å²) in [7, 11) is 0. The van der Waals surface area contributed by atoms with Gasteiger partial charge in [0, 0.05) is 11.1 Å². The second kappa shape index (κ2) is 9.11. The fourth-order valence-electron chi connectivity index (χ4n) is 2.72. The van der Waals surface area contributed by atoms with Gasteiger partial charge in [0.1, 0.15) is 16.5 Å². The average Bonchev–Trinajstić information content (AvgIpc) is 3.18. The smallest absolute Gasteiger partial charge is 0.256 e. The number of anilines is 2. The van der Waals surface area contributed by atoms with Gasteiger partial charge in [-0.05, 0) is 42.0 Å². The minimum absolute atomic E-state index is 0.248. The van der Waals surface area contributed by atoms with Gasteiger partial charge >= 0.3 is 0 Å². The first-order valence-corrected chi connectivity index (χ1v) is 9.98. The fraction of sp³-hybridized carbons (Fsp3) is 0. The van der Waals surface area contributed by atoms with Crippen LogP contribution in [-0.4, -0.2) is 17.1 Å². The van der Waals surface area contributed by atoms with Gasteiger partial charge in [-0.3, -0.25) is 10.2 Å². The molecule has 7 heteroatoms. The zero-order chi connectivity index (χ0) is 20.8. The molecule has 148 valence electrons. The molecule has 0 fully saturated rings. The predicted octanol–water partition coefficient (Wildman–Crippen LogP) is 5.65. The predicted molar refractivity (Wildman–Crippen MR) is 120 cm³/mol. The van der Waals surface area contributed by atoms with Gasteiger partial charge in [-0.1, -0.05) is 59.9 Å². The molecule has 0 unspecified atom stereocenters. The molecule has 0 bridgehead atoms. The normalized spacial score (nSPS) is 10.8. The van der Waals surface area contributed by atoms with E-state index in [1.807, 2.05) is 36.4 Å². The number of benzene rings is 3. The van der Waals surface area contributed by atoms with Crippen molar-refractivity contribution < 1.29 is 9.18 Å². The van der Waals surface area contributed by atoms with Crippen molar-refractivity contribution in [3.8, 4) is 11.3 Å². The number of carbonyl (C=O) groups excluding carboxylic acids is 1. The molecular weight excluding hydrogens is 399 g/mol. The van der Waals surface area contributed by atoms with E-state index >= 15 is 0 Å². The minimum Gasteiger partial charge on any atom is -0.312 e. The summed E-state index contributed by atoms with van der Waals surface area (Å²) in [5, 5.41) is 8.16. The van der Waals surface area contributed by atoms with E-state index in [9.17, 15) is 9.18 Å². The van der Waals surface area contributed by atoms with Gasteiger partial charge in [-0.15, -0.1) is 0 Å². The summed E-state index contributed by atoms with van der Waals surface area (Å²) in [5.74, 6) is -0.586. The maximum atomic E-state index is 13.3. The topological polar surface area (TPSA) is 66.4 Å². The highest BCUT2D eigenvalue weighted by Gasteiger charge is 2.16. The molecular formula is C23H17FN4OS. The molecule has 30 heavy (non-hydrogen) atoms. The van der Waals surface area contributed by atoms with E-state index in [0.29, 0.717) is 27.0 Å². The maximum Gasteiger partial charge on any atom is 0.256 e. The first kappa shape index (κ1) is 19.5. The number of carbonyl (C=O) groups is 1. The number of hydrazone groups is 1. The van der Waals surface area contributed by atoms with Crippen LogP contribution in [0.1, 0.15) is 15.9 Å². The van der Waals surface area contributed by atoms with Crippen LogP contribution in [0, 0.1) is 5.82 Å². The molecule has 4 aromatic rings. The van der Waals surface area contributed by atoms with E-state index in [-0.39, 0.29) is 11.7 Å². The van der Waals surface area contributed by atoms with Crippen LogP contribution in [0.4, 0.5) is 14.5 Å². The molecule has 0 aliphatic carbocycles. The Labute approximate surface area is 176 Å². The van der Waals surface area contributed by atoms with Crippen molar-refractivity contribution in [2.45, 2.75) is 0 Å². The SMILES string of the molecule is O=C(Nc1sc(NN=Cc2ccccc2)nc1-c1ccc(F)cc1)c1ccccc1. The van der Waals surface area contributed by atoms with Crippen molar-refractivity contribution in [3.05, 3.63) is 102 Å². The monoisotopic (exact) mass is 416 g/mol. The zero-order valence-electron chi connectivity index (χ0n) is 15.7. The lowest BCUT2D eigenvalue weighted by Crippen LogP contribution is -2.11. The van der Waals surface area contributed by atoms with Crippen molar-refractivity contribution >= 4 is 33.6 Å². The van der Waals surface area contributed by atoms with Crippen molar-refractivity contribution in [1.82, 2.24) is 4.98 Å². The van der Waals surface area contributed by atoms with Crippen LogP contribution in [0.25, 0.3) is 11.3 Å². The second-order valence-electron chi connectivity index (χ2n) is 6.30. The molecule has 0 aliphatic rings. The van der Waals surface area contributed by atoms with Gasteiger partial charge < -0.3 is 5.32 Å². The van der Waals surface area contributed by atoms with Crippen LogP contribution in [0.3, 0.4) is 0 Å². The van der Waals surface area contributed by atoms with Gasteiger partial charge in [0.15, 0.2) is 0 Å². The van der Waals surface area contributed by atoms with E-state index in [1.165, 1.54) is 23.5 Å². The summed E-state index contributed by atoms with van der Waals surface area (Å²) in [4.78, 5) is 17.2. The summed E-state index contributed by atoms with van der Waals surface area (Å²) < 4.78 is 13.3. The summed E-state index contributed by atoms with van der Waals surface area (Å²) in [6.45, 7) is 0. The number of hydrogen-bond donors (Lipinski definition) is 2. The third-order valence-electron chi connectivity index (χ3n) is 4.18. The third-order valence-corrected chi connectivity index (χ3v) is 5.06. The van der Waals surface area contributed by atoms with Crippen LogP contribution in [0.15, 0.2) is 90.0 Å². The third kappa shape index (κ3) is 4.76. The number of hydrogen-bond acceptors (Lipinski definition) is 5. The van der Waals surface area contributed by atoms with Gasteiger partial charge in [-0.25, -0.2) is 9.37 Å². The number of aromatic nitrogens is 1. The van der Waals surface area contributed by atoms with Crippen molar-refractivity contribution in [1.29, 1.82) is 0 Å². The Kier molecular flexibility index (Phi) is 5.91. The molecule has 0 atom stereocenters. The molecule has 2 N–H and O–H groups in total. The number of nitrogens with zero attached hydrogens (tertiary/aromatic N) is 2. The van der Waals surface area contributed by atoms with Crippen molar-refractivity contribution in [2.75, 3.05) is 10.7 Å². The minimum atomic E-state index is -0.338. The van der Waals surface area contributed by atoms with Crippen LogP contribution >= 0.6 is 11.3 Å². The zero-order valence-corrected chi connectivity index (χ0v) is 16.6. The lowest BCUT2D eigenvalue weighted by atomic mass is 10.1. The van der Waals surface area contributed by atoms with E-state index in [2.05, 4.69) is 20.8 Å². The molecule has 1 heterocycles. The Hall–Kier alpha value is -3.84. The second-order valence-corrected chi connectivity index (χ2v) is 7.30. The highest BCUT2D eigenvalue weighted by Crippen LogP contribution is 2.36. The van der Waals surface area contributed by atoms with Crippen molar-refractivity contribution in [2.24, 2.45) is 5.10 Å². The molecule has 0 saturated carbocycles. The standard InChI is InChI=1S/C23H17FN4OS/c24-19-13-11-17(12-14-19)20-22(27-21(29)18-9-5-2-6-10-18)30-23(26-20)28-25-15-16-7-3-1-4-8-16/h1-15H,(H,26,28)(H,27,29). The van der Waals surface area contributed by atoms with Gasteiger partial charge in [-0.2, -0.15) is 5.10 Å². The summed E-state index contributed by atoms with van der Waals surface area (Å²) in [6, 6.07) is 24.5. The first-order chi connectivity index (χ1) is 14.7. The Morgan fingerprint density at radius 3 is 2.30 bits per heavy atom. The molecule has 1 amide bonds. The van der Waals surface area contributed by atoms with Crippen LogP contribution in [-0.2, 0) is 0 Å². The molecule has 0 aliphatic heterocycles. The maximum absolute atomic E-state index is 13.3. The number of amides is 1. The van der Waals surface area contributed by atoms with Crippen molar-refractivity contribution in [3.63, 3.8) is 0 Å². The fourth-order valence-corrected chi connectivity index (χ4v) is 3.55. The van der Waals surface area contributed by atoms with Crippen LogP contribution < -0.4 is 10.7 Å². The lowest BCUT2D eigenvalue weighted by Gasteiger charge is -2.05. The van der Waals surface area contributed by atoms with Gasteiger partial charge in [0.2, 0.25) is 5.13 Å². The van der Waals surface area contributed by atoms with Crippen LogP contribution in [0.5, 0.6) is 0 Å². The van der Waals surface area contributed by atoms with Crippen LogP contribution in [0.2, 0.25) is 0 Å². The lowest BCUT2D eigenvalue weighted by molar-refractivity contribution is 0.102. The average molecular weight is 416 g/mol. The highest BCUT2D eigenvalue weighted by atomic mass is 32.1. The molecule has 5 nitrogen and oxygen atoms in total. The number of rotatable bonds is 6. The molecule has 1 aromatic heterocycles. The number of nitrogens with one attached hydrogen (secondary N) is 2. The van der Waals surface area contributed by atoms with E-state index in [0.717, 1.165) is 5.56 Å². The Morgan fingerprint density at radius 1 is 0.933 bits per heavy atom. The summed E-state index contributed by atoms with van der Waals surface area (Å²) in [6.07, 6.45) is 1.68. The van der Waals surface area contributed by atoms with E-state index in [4.69, 9.17) is 0 Å². The Bertz CT molecular complexity index is 1160.